The van der Waals surface area contributed by atoms with Crippen LogP contribution in [0.5, 0.6) is 0 Å². The highest BCUT2D eigenvalue weighted by atomic mass is 16.1. The van der Waals surface area contributed by atoms with Crippen LogP contribution in [-0.4, -0.2) is 11.4 Å². The largest absolute Gasteiger partial charge is 0.399 e. The number of nitrogens with one attached hydrogen (secondary N) is 2. The predicted molar refractivity (Wildman–Crippen MR) is 60.3 cm³/mol. The van der Waals surface area contributed by atoms with Crippen LogP contribution >= 0.6 is 0 Å². The summed E-state index contributed by atoms with van der Waals surface area (Å²) in [6.45, 7) is 0. The van der Waals surface area contributed by atoms with Gasteiger partial charge in [0.05, 0.1) is 0 Å². The van der Waals surface area contributed by atoms with Crippen LogP contribution < -0.4 is 11.1 Å². The first-order chi connectivity index (χ1) is 7.29. The Bertz CT molecular complexity index is 459. The van der Waals surface area contributed by atoms with Gasteiger partial charge in [-0.25, -0.2) is 0 Å². The lowest BCUT2D eigenvalue weighted by atomic mass is 10.1. The van der Waals surface area contributed by atoms with Gasteiger partial charge in [0.1, 0.15) is 5.82 Å². The summed E-state index contributed by atoms with van der Waals surface area (Å²) < 4.78 is 0. The Kier molecular flexibility index (Phi) is 2.41. The molecule has 4 nitrogen and oxygen atoms in total. The fourth-order valence-electron chi connectivity index (χ4n) is 1.38. The molecule has 76 valence electrons. The lowest BCUT2D eigenvalue weighted by Crippen LogP contribution is -1.92. The Hall–Kier alpha value is -2.23. The van der Waals surface area contributed by atoms with E-state index in [4.69, 9.17) is 5.73 Å². The number of nitrogens with two attached hydrogens (primary N) is 1. The van der Waals surface area contributed by atoms with Crippen LogP contribution in [0.2, 0.25) is 0 Å². The average molecular weight is 201 g/mol. The fourth-order valence-corrected chi connectivity index (χ4v) is 1.38. The van der Waals surface area contributed by atoms with Crippen molar-refractivity contribution in [3.63, 3.8) is 0 Å². The Labute approximate surface area is 87.1 Å². The van der Waals surface area contributed by atoms with Crippen LogP contribution in [0.1, 0.15) is 0 Å². The molecule has 2 aromatic rings. The molecular weight excluding hydrogens is 190 g/mol. The van der Waals surface area contributed by atoms with Crippen molar-refractivity contribution < 1.29 is 4.79 Å². The van der Waals surface area contributed by atoms with Crippen molar-refractivity contribution in [2.75, 3.05) is 11.1 Å². The van der Waals surface area contributed by atoms with E-state index in [1.54, 1.807) is 0 Å². The number of carbonyl (C=O) groups is 1. The Morgan fingerprint density at radius 3 is 2.60 bits per heavy atom. The number of hydrogen-bond donors (Lipinski definition) is 3. The minimum atomic E-state index is 0.637. The number of aromatic amines is 1. The van der Waals surface area contributed by atoms with Gasteiger partial charge >= 0.3 is 0 Å². The van der Waals surface area contributed by atoms with Gasteiger partial charge in [0.25, 0.3) is 0 Å². The van der Waals surface area contributed by atoms with Crippen molar-refractivity contribution in [2.24, 2.45) is 0 Å². The number of anilines is 2. The zero-order chi connectivity index (χ0) is 10.7. The maximum absolute atomic E-state index is 10.2. The van der Waals surface area contributed by atoms with Gasteiger partial charge in [0, 0.05) is 17.4 Å². The third-order valence-electron chi connectivity index (χ3n) is 2.14. The number of carbonyl (C=O) groups excluding carboxylic acids is 1. The number of rotatable bonds is 3. The number of amides is 1. The first-order valence-corrected chi connectivity index (χ1v) is 4.54. The molecule has 4 N–H and O–H groups in total. The standard InChI is InChI=1S/C11H11N3O/c12-10-3-1-8(2-4-10)9-5-11(13-6-9)14-7-15/h1-7,13H,12H2,(H,14,15). The molecule has 0 atom stereocenters. The van der Waals surface area contributed by atoms with Crippen molar-refractivity contribution in [1.29, 1.82) is 0 Å². The van der Waals surface area contributed by atoms with Gasteiger partial charge in [-0.2, -0.15) is 0 Å². The molecule has 1 heterocycles. The average Bonchev–Trinajstić information content (AvgIpc) is 2.68. The summed E-state index contributed by atoms with van der Waals surface area (Å²) in [5.74, 6) is 0.678. The molecular formula is C11H11N3O. The molecule has 4 heteroatoms. The summed E-state index contributed by atoms with van der Waals surface area (Å²) in [5.41, 5.74) is 8.40. The van der Waals surface area contributed by atoms with E-state index in [1.807, 2.05) is 36.5 Å². The molecule has 1 amide bonds. The molecule has 0 bridgehead atoms. The molecule has 0 aliphatic carbocycles. The van der Waals surface area contributed by atoms with Crippen LogP contribution in [-0.2, 0) is 4.79 Å². The summed E-state index contributed by atoms with van der Waals surface area (Å²) >= 11 is 0. The lowest BCUT2D eigenvalue weighted by Gasteiger charge is -1.97. The van der Waals surface area contributed by atoms with Crippen molar-refractivity contribution in [2.45, 2.75) is 0 Å². The molecule has 0 spiro atoms. The second kappa shape index (κ2) is 3.88. The zero-order valence-electron chi connectivity index (χ0n) is 8.03. The molecule has 1 aromatic heterocycles. The Balaban J connectivity index is 2.28. The summed E-state index contributed by atoms with van der Waals surface area (Å²) in [6, 6.07) is 9.41. The minimum absolute atomic E-state index is 0.637. The van der Waals surface area contributed by atoms with Crippen molar-refractivity contribution >= 4 is 17.9 Å². The highest BCUT2D eigenvalue weighted by Gasteiger charge is 2.00. The summed E-state index contributed by atoms with van der Waals surface area (Å²) in [5, 5.41) is 2.55. The van der Waals surface area contributed by atoms with Crippen molar-refractivity contribution in [3.8, 4) is 11.1 Å². The topological polar surface area (TPSA) is 70.9 Å². The first kappa shape index (κ1) is 9.33. The van der Waals surface area contributed by atoms with Gasteiger partial charge in [0.15, 0.2) is 0 Å². The van der Waals surface area contributed by atoms with Gasteiger partial charge in [-0.05, 0) is 23.8 Å². The number of H-pyrrole nitrogens is 1. The molecule has 0 aliphatic heterocycles. The van der Waals surface area contributed by atoms with E-state index in [1.165, 1.54) is 0 Å². The molecule has 0 aliphatic rings. The van der Waals surface area contributed by atoms with Crippen LogP contribution in [0.25, 0.3) is 11.1 Å². The van der Waals surface area contributed by atoms with E-state index in [0.717, 1.165) is 16.8 Å². The second-order valence-electron chi connectivity index (χ2n) is 3.19. The summed E-state index contributed by atoms with van der Waals surface area (Å²) in [4.78, 5) is 13.2. The summed E-state index contributed by atoms with van der Waals surface area (Å²) in [6.07, 6.45) is 2.47. The SMILES string of the molecule is Nc1ccc(-c2c[nH]c(NC=O)c2)cc1. The molecule has 0 saturated carbocycles. The van der Waals surface area contributed by atoms with Crippen LogP contribution in [0.15, 0.2) is 36.5 Å². The monoisotopic (exact) mass is 201 g/mol. The molecule has 0 saturated heterocycles. The molecule has 0 unspecified atom stereocenters. The maximum Gasteiger partial charge on any atom is 0.212 e. The molecule has 0 radical (unpaired) electrons. The van der Waals surface area contributed by atoms with Crippen LogP contribution in [0.4, 0.5) is 11.5 Å². The van der Waals surface area contributed by atoms with Gasteiger partial charge in [-0.15, -0.1) is 0 Å². The number of aromatic nitrogens is 1. The predicted octanol–water partition coefficient (Wildman–Crippen LogP) is 1.83. The minimum Gasteiger partial charge on any atom is -0.399 e. The number of benzene rings is 1. The zero-order valence-corrected chi connectivity index (χ0v) is 8.03. The maximum atomic E-state index is 10.2. The smallest absolute Gasteiger partial charge is 0.212 e. The van der Waals surface area contributed by atoms with E-state index in [2.05, 4.69) is 10.3 Å². The van der Waals surface area contributed by atoms with E-state index in [9.17, 15) is 4.79 Å². The van der Waals surface area contributed by atoms with Crippen LogP contribution in [0, 0.1) is 0 Å². The van der Waals surface area contributed by atoms with Crippen molar-refractivity contribution in [1.82, 2.24) is 4.98 Å². The Morgan fingerprint density at radius 2 is 1.93 bits per heavy atom. The number of nitrogen functional groups attached to an aromatic ring is 1. The quantitative estimate of drug-likeness (QED) is 0.523. The van der Waals surface area contributed by atoms with Gasteiger partial charge < -0.3 is 16.0 Å². The second-order valence-corrected chi connectivity index (χ2v) is 3.19. The van der Waals surface area contributed by atoms with E-state index in [-0.39, 0.29) is 0 Å². The van der Waals surface area contributed by atoms with E-state index in [0.29, 0.717) is 12.2 Å². The normalized spacial score (nSPS) is 9.87. The molecule has 1 aromatic carbocycles. The highest BCUT2D eigenvalue weighted by molar-refractivity contribution is 5.74. The lowest BCUT2D eigenvalue weighted by molar-refractivity contribution is -0.105. The third kappa shape index (κ3) is 1.99. The van der Waals surface area contributed by atoms with Gasteiger partial charge in [-0.3, -0.25) is 4.79 Å². The fraction of sp³-hybridized carbons (Fsp3) is 0. The van der Waals surface area contributed by atoms with Crippen molar-refractivity contribution in [3.05, 3.63) is 36.5 Å². The van der Waals surface area contributed by atoms with Gasteiger partial charge in [0.2, 0.25) is 6.41 Å². The highest BCUT2D eigenvalue weighted by Crippen LogP contribution is 2.22. The van der Waals surface area contributed by atoms with E-state index < -0.39 is 0 Å². The molecule has 15 heavy (non-hydrogen) atoms. The Morgan fingerprint density at radius 1 is 1.20 bits per heavy atom. The van der Waals surface area contributed by atoms with E-state index >= 15 is 0 Å². The third-order valence-corrected chi connectivity index (χ3v) is 2.14. The van der Waals surface area contributed by atoms with Crippen LogP contribution in [0.3, 0.4) is 0 Å². The number of hydrogen-bond acceptors (Lipinski definition) is 2. The summed E-state index contributed by atoms with van der Waals surface area (Å²) in [7, 11) is 0. The van der Waals surface area contributed by atoms with Gasteiger partial charge in [-0.1, -0.05) is 12.1 Å². The molecule has 2 rings (SSSR count). The molecule has 0 fully saturated rings. The first-order valence-electron chi connectivity index (χ1n) is 4.54.